The number of hydrogen-bond donors (Lipinski definition) is 1. The standard InChI is InChI=1S/C20H18N4O5/c1-27-7-8-29-18-9-13-14(10-17(18)28-2)22-21-11-16(13)24-15-6-4-3-5-12(15)19(23-24)20(25)26/h3-6,9-11H,7-8H2,1-2H3,(H,25,26). The molecule has 0 amide bonds. The van der Waals surface area contributed by atoms with Crippen LogP contribution in [0, 0.1) is 0 Å². The summed E-state index contributed by atoms with van der Waals surface area (Å²) in [5.74, 6) is -0.0747. The van der Waals surface area contributed by atoms with Gasteiger partial charge in [0.15, 0.2) is 17.2 Å². The molecular formula is C20H18N4O5. The summed E-state index contributed by atoms with van der Waals surface area (Å²) in [4.78, 5) is 11.7. The molecule has 2 aromatic carbocycles. The Hall–Kier alpha value is -3.72. The summed E-state index contributed by atoms with van der Waals surface area (Å²) in [6.07, 6.45) is 1.54. The molecule has 4 aromatic rings. The first-order valence-electron chi connectivity index (χ1n) is 8.80. The van der Waals surface area contributed by atoms with Gasteiger partial charge in [-0.25, -0.2) is 9.48 Å². The number of carboxylic acids is 1. The number of hydrogen-bond acceptors (Lipinski definition) is 7. The molecule has 148 valence electrons. The maximum Gasteiger partial charge on any atom is 0.357 e. The number of nitrogens with zero attached hydrogens (tertiary/aromatic N) is 4. The fraction of sp³-hybridized carbons (Fsp3) is 0.200. The normalized spacial score (nSPS) is 11.1. The quantitative estimate of drug-likeness (QED) is 0.477. The van der Waals surface area contributed by atoms with Crippen LogP contribution in [0.1, 0.15) is 10.5 Å². The van der Waals surface area contributed by atoms with Gasteiger partial charge in [-0.15, -0.1) is 0 Å². The number of rotatable bonds is 7. The van der Waals surface area contributed by atoms with Crippen LogP contribution in [0.3, 0.4) is 0 Å². The number of aromatic nitrogens is 4. The van der Waals surface area contributed by atoms with E-state index in [1.54, 1.807) is 55.4 Å². The minimum atomic E-state index is -1.10. The highest BCUT2D eigenvalue weighted by atomic mass is 16.5. The second-order valence-corrected chi connectivity index (χ2v) is 6.17. The molecule has 1 N–H and O–H groups in total. The van der Waals surface area contributed by atoms with Crippen LogP contribution >= 0.6 is 0 Å². The Labute approximate surface area is 165 Å². The van der Waals surface area contributed by atoms with E-state index in [2.05, 4.69) is 15.3 Å². The second kappa shape index (κ2) is 7.72. The lowest BCUT2D eigenvalue weighted by molar-refractivity contribution is 0.0692. The highest BCUT2D eigenvalue weighted by Gasteiger charge is 2.19. The van der Waals surface area contributed by atoms with Crippen molar-refractivity contribution in [3.05, 3.63) is 48.3 Å². The molecule has 0 saturated carbocycles. The lowest BCUT2D eigenvalue weighted by Crippen LogP contribution is -2.06. The summed E-state index contributed by atoms with van der Waals surface area (Å²) < 4.78 is 17.8. The van der Waals surface area contributed by atoms with Crippen molar-refractivity contribution in [2.75, 3.05) is 27.4 Å². The summed E-state index contributed by atoms with van der Waals surface area (Å²) >= 11 is 0. The Bertz CT molecular complexity index is 1200. The first kappa shape index (κ1) is 18.6. The molecule has 0 aliphatic heterocycles. The zero-order valence-corrected chi connectivity index (χ0v) is 15.8. The van der Waals surface area contributed by atoms with E-state index in [0.717, 1.165) is 0 Å². The van der Waals surface area contributed by atoms with E-state index in [1.807, 2.05) is 6.07 Å². The maximum atomic E-state index is 11.7. The van der Waals surface area contributed by atoms with Crippen LogP contribution in [0.2, 0.25) is 0 Å². The zero-order valence-electron chi connectivity index (χ0n) is 15.8. The van der Waals surface area contributed by atoms with Gasteiger partial charge in [0.05, 0.1) is 36.6 Å². The van der Waals surface area contributed by atoms with E-state index in [0.29, 0.717) is 52.2 Å². The van der Waals surface area contributed by atoms with Gasteiger partial charge in [0.1, 0.15) is 6.61 Å². The summed E-state index contributed by atoms with van der Waals surface area (Å²) in [6, 6.07) is 10.6. The van der Waals surface area contributed by atoms with Gasteiger partial charge in [0.2, 0.25) is 0 Å². The Morgan fingerprint density at radius 1 is 1.10 bits per heavy atom. The molecule has 0 aliphatic rings. The summed E-state index contributed by atoms with van der Waals surface area (Å²) in [5.41, 5.74) is 1.76. The largest absolute Gasteiger partial charge is 0.493 e. The van der Waals surface area contributed by atoms with Gasteiger partial charge in [-0.1, -0.05) is 18.2 Å². The Balaban J connectivity index is 1.94. The van der Waals surface area contributed by atoms with Gasteiger partial charge in [0, 0.05) is 23.9 Å². The lowest BCUT2D eigenvalue weighted by atomic mass is 10.1. The number of aromatic carboxylic acids is 1. The Morgan fingerprint density at radius 2 is 1.93 bits per heavy atom. The minimum absolute atomic E-state index is 0.0318. The molecule has 0 saturated heterocycles. The van der Waals surface area contributed by atoms with E-state index in [1.165, 1.54) is 0 Å². The van der Waals surface area contributed by atoms with Crippen LogP contribution in [0.5, 0.6) is 11.5 Å². The lowest BCUT2D eigenvalue weighted by Gasteiger charge is -2.13. The fourth-order valence-electron chi connectivity index (χ4n) is 3.14. The predicted molar refractivity (Wildman–Crippen MR) is 105 cm³/mol. The smallest absolute Gasteiger partial charge is 0.357 e. The second-order valence-electron chi connectivity index (χ2n) is 6.17. The van der Waals surface area contributed by atoms with Gasteiger partial charge in [-0.2, -0.15) is 15.3 Å². The molecular weight excluding hydrogens is 376 g/mol. The van der Waals surface area contributed by atoms with E-state index >= 15 is 0 Å². The highest BCUT2D eigenvalue weighted by Crippen LogP contribution is 2.34. The molecule has 0 unspecified atom stereocenters. The predicted octanol–water partition coefficient (Wildman–Crippen LogP) is 2.70. The van der Waals surface area contributed by atoms with Crippen molar-refractivity contribution in [1.82, 2.24) is 20.0 Å². The third-order valence-electron chi connectivity index (χ3n) is 4.47. The molecule has 0 aliphatic carbocycles. The topological polar surface area (TPSA) is 109 Å². The van der Waals surface area contributed by atoms with E-state index in [-0.39, 0.29) is 5.69 Å². The summed E-state index contributed by atoms with van der Waals surface area (Å²) in [7, 11) is 3.14. The highest BCUT2D eigenvalue weighted by molar-refractivity contribution is 6.02. The monoisotopic (exact) mass is 394 g/mol. The van der Waals surface area contributed by atoms with E-state index < -0.39 is 5.97 Å². The number of para-hydroxylation sites is 1. The van der Waals surface area contributed by atoms with E-state index in [9.17, 15) is 9.90 Å². The molecule has 29 heavy (non-hydrogen) atoms. The summed E-state index contributed by atoms with van der Waals surface area (Å²) in [6.45, 7) is 0.772. The Kier molecular flexibility index (Phi) is 4.96. The molecule has 0 atom stereocenters. The number of carboxylic acid groups (broad SMARTS) is 1. The van der Waals surface area contributed by atoms with Crippen molar-refractivity contribution in [3.8, 4) is 17.2 Å². The minimum Gasteiger partial charge on any atom is -0.493 e. The molecule has 2 heterocycles. The van der Waals surface area contributed by atoms with Crippen molar-refractivity contribution in [3.63, 3.8) is 0 Å². The van der Waals surface area contributed by atoms with Gasteiger partial charge in [-0.3, -0.25) is 0 Å². The van der Waals surface area contributed by atoms with Gasteiger partial charge < -0.3 is 19.3 Å². The fourth-order valence-corrected chi connectivity index (χ4v) is 3.14. The van der Waals surface area contributed by atoms with Crippen molar-refractivity contribution < 1.29 is 24.1 Å². The number of fused-ring (bicyclic) bond motifs is 2. The summed E-state index contributed by atoms with van der Waals surface area (Å²) in [5, 5.41) is 23.3. The molecule has 0 spiro atoms. The molecule has 9 nitrogen and oxygen atoms in total. The number of methoxy groups -OCH3 is 2. The first-order valence-corrected chi connectivity index (χ1v) is 8.80. The SMILES string of the molecule is COCCOc1cc2c(-n3nc(C(=O)O)c4ccccc43)cnnc2cc1OC. The van der Waals surface area contributed by atoms with Crippen molar-refractivity contribution in [1.29, 1.82) is 0 Å². The van der Waals surface area contributed by atoms with Gasteiger partial charge in [0.25, 0.3) is 0 Å². The van der Waals surface area contributed by atoms with Gasteiger partial charge >= 0.3 is 5.97 Å². The van der Waals surface area contributed by atoms with E-state index in [4.69, 9.17) is 14.2 Å². The first-order chi connectivity index (χ1) is 14.1. The molecule has 0 bridgehead atoms. The van der Waals surface area contributed by atoms with Crippen molar-refractivity contribution in [2.45, 2.75) is 0 Å². The maximum absolute atomic E-state index is 11.7. The number of benzene rings is 2. The van der Waals surface area contributed by atoms with Crippen LogP contribution in [-0.2, 0) is 4.74 Å². The van der Waals surface area contributed by atoms with Crippen molar-refractivity contribution in [2.24, 2.45) is 0 Å². The third-order valence-corrected chi connectivity index (χ3v) is 4.47. The molecule has 0 fully saturated rings. The molecule has 0 radical (unpaired) electrons. The van der Waals surface area contributed by atoms with Crippen LogP contribution in [-0.4, -0.2) is 58.5 Å². The average molecular weight is 394 g/mol. The third kappa shape index (κ3) is 3.32. The van der Waals surface area contributed by atoms with Crippen LogP contribution in [0.25, 0.3) is 27.5 Å². The molecule has 4 rings (SSSR count). The Morgan fingerprint density at radius 3 is 2.69 bits per heavy atom. The number of ether oxygens (including phenoxy) is 3. The number of carbonyl (C=O) groups is 1. The average Bonchev–Trinajstić information content (AvgIpc) is 3.13. The zero-order chi connectivity index (χ0) is 20.4. The molecule has 2 aromatic heterocycles. The van der Waals surface area contributed by atoms with Crippen LogP contribution < -0.4 is 9.47 Å². The van der Waals surface area contributed by atoms with Gasteiger partial charge in [-0.05, 0) is 12.1 Å². The van der Waals surface area contributed by atoms with Crippen LogP contribution in [0.15, 0.2) is 42.6 Å². The molecule has 9 heteroatoms. The van der Waals surface area contributed by atoms with Crippen LogP contribution in [0.4, 0.5) is 0 Å². The van der Waals surface area contributed by atoms with Crippen molar-refractivity contribution >= 4 is 27.8 Å².